The number of hydrogen-bond acceptors (Lipinski definition) is 7. The summed E-state index contributed by atoms with van der Waals surface area (Å²) >= 11 is 0. The van der Waals surface area contributed by atoms with Gasteiger partial charge < -0.3 is 23.6 Å². The zero-order chi connectivity index (χ0) is 23.7. The van der Waals surface area contributed by atoms with Gasteiger partial charge in [0.2, 0.25) is 5.89 Å². The molecule has 1 aliphatic rings. The molecule has 1 aliphatic heterocycles. The van der Waals surface area contributed by atoms with Crippen molar-refractivity contribution in [2.75, 3.05) is 26.2 Å². The van der Waals surface area contributed by atoms with E-state index >= 15 is 0 Å². The molecule has 186 valence electrons. The maximum Gasteiger partial charge on any atom is 0.283 e. The Labute approximate surface area is 209 Å². The predicted octanol–water partition coefficient (Wildman–Crippen LogP) is 5.28. The first-order valence-electron chi connectivity index (χ1n) is 11.6. The maximum absolute atomic E-state index is 13.4. The van der Waals surface area contributed by atoms with Crippen LogP contribution in [0.2, 0.25) is 0 Å². The van der Waals surface area contributed by atoms with E-state index in [4.69, 9.17) is 13.6 Å². The minimum absolute atomic E-state index is 0. The molecule has 7 nitrogen and oxygen atoms in total. The molecule has 3 heterocycles. The number of ether oxygens (including phenoxy) is 1. The Bertz CT molecular complexity index is 1280. The molecule has 0 amide bonds. The third-order valence-electron chi connectivity index (χ3n) is 6.42. The second-order valence-electron chi connectivity index (χ2n) is 8.95. The van der Waals surface area contributed by atoms with Crippen LogP contribution in [0, 0.1) is 19.7 Å². The lowest BCUT2D eigenvalue weighted by Gasteiger charge is -2.33. The van der Waals surface area contributed by atoms with E-state index in [9.17, 15) is 9.50 Å². The van der Waals surface area contributed by atoms with Crippen molar-refractivity contribution >= 4 is 23.4 Å². The molecule has 1 fully saturated rings. The van der Waals surface area contributed by atoms with E-state index < -0.39 is 6.10 Å². The lowest BCUT2D eigenvalue weighted by molar-refractivity contribution is 0.0599. The highest BCUT2D eigenvalue weighted by atomic mass is 35.5. The van der Waals surface area contributed by atoms with Gasteiger partial charge in [-0.15, -0.1) is 22.6 Å². The van der Waals surface area contributed by atoms with E-state index in [1.807, 2.05) is 37.3 Å². The highest BCUT2D eigenvalue weighted by molar-refractivity contribution is 5.87. The summed E-state index contributed by atoms with van der Waals surface area (Å²) in [6, 6.07) is 12.4. The number of aromatic nitrogens is 2. The second kappa shape index (κ2) is 10.8. The minimum atomic E-state index is -0.621. The predicted molar refractivity (Wildman–Crippen MR) is 133 cm³/mol. The molecule has 2 aromatic carbocycles. The van der Waals surface area contributed by atoms with Gasteiger partial charge in [-0.05, 0) is 74.2 Å². The quantitative estimate of drug-likeness (QED) is 0.368. The van der Waals surface area contributed by atoms with Gasteiger partial charge in [-0.1, -0.05) is 12.1 Å². The lowest BCUT2D eigenvalue weighted by Crippen LogP contribution is -2.40. The molecule has 5 rings (SSSR count). The van der Waals surface area contributed by atoms with Crippen LogP contribution in [-0.2, 0) is 0 Å². The molecule has 35 heavy (non-hydrogen) atoms. The van der Waals surface area contributed by atoms with Crippen LogP contribution in [0.4, 0.5) is 4.39 Å². The third kappa shape index (κ3) is 5.66. The van der Waals surface area contributed by atoms with Crippen molar-refractivity contribution in [1.29, 1.82) is 0 Å². The van der Waals surface area contributed by atoms with E-state index in [1.54, 1.807) is 19.1 Å². The summed E-state index contributed by atoms with van der Waals surface area (Å²) in [5.41, 5.74) is 2.89. The molecule has 0 aliphatic carbocycles. The molecule has 0 bridgehead atoms. The summed E-state index contributed by atoms with van der Waals surface area (Å²) in [6.07, 6.45) is 1.36. The van der Waals surface area contributed by atoms with Crippen molar-refractivity contribution in [3.8, 4) is 17.4 Å². The van der Waals surface area contributed by atoms with E-state index in [1.165, 1.54) is 5.56 Å². The van der Waals surface area contributed by atoms with Crippen LogP contribution in [0.5, 0.6) is 5.75 Å². The first-order chi connectivity index (χ1) is 16.5. The van der Waals surface area contributed by atoms with Gasteiger partial charge >= 0.3 is 0 Å². The average Bonchev–Trinajstić information content (AvgIpc) is 3.45. The molecular formula is C26H29ClFN3O4. The van der Waals surface area contributed by atoms with Gasteiger partial charge in [0.15, 0.2) is 5.76 Å². The van der Waals surface area contributed by atoms with Gasteiger partial charge in [-0.25, -0.2) is 4.39 Å². The lowest BCUT2D eigenvalue weighted by atomic mass is 9.87. The van der Waals surface area contributed by atoms with Crippen molar-refractivity contribution in [1.82, 2.24) is 15.1 Å². The Balaban J connectivity index is 0.00000289. The van der Waals surface area contributed by atoms with Crippen LogP contribution in [0.15, 0.2) is 51.3 Å². The first-order valence-corrected chi connectivity index (χ1v) is 11.6. The number of fused-ring (bicyclic) bond motifs is 1. The first kappa shape index (κ1) is 25.2. The molecule has 1 N–H and O–H groups in total. The number of aliphatic hydroxyl groups is 1. The van der Waals surface area contributed by atoms with Crippen molar-refractivity contribution in [2.45, 2.75) is 38.7 Å². The third-order valence-corrected chi connectivity index (χ3v) is 6.42. The molecule has 2 aromatic heterocycles. The van der Waals surface area contributed by atoms with Gasteiger partial charge in [0.25, 0.3) is 5.89 Å². The molecule has 1 atom stereocenters. The SMILES string of the molecule is Cc1nnc(-c2cc3c(OC[C@@H](O)CN4CCC(c5ccc(F)cc5C)CC4)cccc3o2)o1.Cl. The van der Waals surface area contributed by atoms with Crippen molar-refractivity contribution < 1.29 is 23.1 Å². The van der Waals surface area contributed by atoms with Gasteiger partial charge in [-0.3, -0.25) is 0 Å². The molecule has 0 saturated carbocycles. The minimum Gasteiger partial charge on any atom is -0.490 e. The zero-order valence-corrected chi connectivity index (χ0v) is 20.6. The van der Waals surface area contributed by atoms with E-state index in [0.29, 0.717) is 41.3 Å². The monoisotopic (exact) mass is 501 g/mol. The normalized spacial score (nSPS) is 15.8. The Morgan fingerprint density at radius 3 is 2.63 bits per heavy atom. The number of nitrogens with zero attached hydrogens (tertiary/aromatic N) is 3. The summed E-state index contributed by atoms with van der Waals surface area (Å²) in [7, 11) is 0. The summed E-state index contributed by atoms with van der Waals surface area (Å²) in [5, 5.41) is 19.2. The molecule has 0 radical (unpaired) electrons. The Kier molecular flexibility index (Phi) is 7.74. The van der Waals surface area contributed by atoms with Crippen molar-refractivity contribution in [3.05, 3.63) is 65.3 Å². The van der Waals surface area contributed by atoms with Gasteiger partial charge in [-0.2, -0.15) is 0 Å². The molecule has 4 aromatic rings. The molecule has 0 spiro atoms. The van der Waals surface area contributed by atoms with Gasteiger partial charge in [0, 0.05) is 19.5 Å². The number of piperidine rings is 1. The van der Waals surface area contributed by atoms with E-state index in [-0.39, 0.29) is 24.8 Å². The smallest absolute Gasteiger partial charge is 0.283 e. The Morgan fingerprint density at radius 1 is 1.11 bits per heavy atom. The summed E-state index contributed by atoms with van der Waals surface area (Å²) < 4.78 is 30.7. The average molecular weight is 502 g/mol. The number of halogens is 2. The standard InChI is InChI=1S/C26H28FN3O4.ClH/c1-16-12-19(27)6-7-21(16)18-8-10-30(11-9-18)14-20(31)15-32-23-4-3-5-24-22(23)13-25(34-24)26-29-28-17(2)33-26;/h3-7,12-13,18,20,31H,8-11,14-15H2,1-2H3;1H/t20-;/m0./s1. The number of aliphatic hydroxyl groups excluding tert-OH is 1. The molecular weight excluding hydrogens is 473 g/mol. The van der Waals surface area contributed by atoms with Crippen LogP contribution in [0.1, 0.15) is 35.8 Å². The molecule has 1 saturated heterocycles. The fourth-order valence-electron chi connectivity index (χ4n) is 4.72. The van der Waals surface area contributed by atoms with Gasteiger partial charge in [0.1, 0.15) is 29.9 Å². The van der Waals surface area contributed by atoms with Crippen LogP contribution in [0.25, 0.3) is 22.6 Å². The van der Waals surface area contributed by atoms with Crippen LogP contribution >= 0.6 is 12.4 Å². The molecule has 0 unspecified atom stereocenters. The second-order valence-corrected chi connectivity index (χ2v) is 8.95. The number of aryl methyl sites for hydroxylation is 2. The van der Waals surface area contributed by atoms with E-state index in [0.717, 1.165) is 36.9 Å². The fourth-order valence-corrected chi connectivity index (χ4v) is 4.72. The number of likely N-dealkylation sites (tertiary alicyclic amines) is 1. The Hall–Kier alpha value is -2.94. The van der Waals surface area contributed by atoms with Crippen LogP contribution in [-0.4, -0.2) is 52.5 Å². The highest BCUT2D eigenvalue weighted by Gasteiger charge is 2.24. The largest absolute Gasteiger partial charge is 0.490 e. The maximum atomic E-state index is 13.4. The van der Waals surface area contributed by atoms with Crippen molar-refractivity contribution in [2.24, 2.45) is 0 Å². The molecule has 9 heteroatoms. The number of furan rings is 1. The topological polar surface area (TPSA) is 84.8 Å². The van der Waals surface area contributed by atoms with Crippen LogP contribution in [0.3, 0.4) is 0 Å². The van der Waals surface area contributed by atoms with Gasteiger partial charge in [0.05, 0.1) is 5.39 Å². The van der Waals surface area contributed by atoms with Crippen molar-refractivity contribution in [3.63, 3.8) is 0 Å². The summed E-state index contributed by atoms with van der Waals surface area (Å²) in [6.45, 7) is 6.20. The van der Waals surface area contributed by atoms with E-state index in [2.05, 4.69) is 15.1 Å². The highest BCUT2D eigenvalue weighted by Crippen LogP contribution is 2.33. The van der Waals surface area contributed by atoms with Crippen LogP contribution < -0.4 is 4.74 Å². The summed E-state index contributed by atoms with van der Waals surface area (Å²) in [5.74, 6) is 2.14. The fraction of sp³-hybridized carbons (Fsp3) is 0.385. The number of hydrogen-bond donors (Lipinski definition) is 1. The zero-order valence-electron chi connectivity index (χ0n) is 19.7. The summed E-state index contributed by atoms with van der Waals surface area (Å²) in [4.78, 5) is 2.26. The number of benzene rings is 2. The number of rotatable bonds is 7. The Morgan fingerprint density at radius 2 is 1.91 bits per heavy atom. The number of β-amino-alcohol motifs (C(OH)–C–C–N with tert-alkyl or cyclic N) is 1.